The summed E-state index contributed by atoms with van der Waals surface area (Å²) in [5, 5.41) is 0. The molecule has 5 heteroatoms. The fraction of sp³-hybridized carbons (Fsp3) is 0.250. The van der Waals surface area contributed by atoms with Gasteiger partial charge in [-0.2, -0.15) is 0 Å². The second-order valence-corrected chi connectivity index (χ2v) is 4.79. The minimum atomic E-state index is -0.870. The highest BCUT2D eigenvalue weighted by Gasteiger charge is 2.09. The molecule has 2 aromatic carbocycles. The van der Waals surface area contributed by atoms with Crippen molar-refractivity contribution in [3.8, 4) is 0 Å². The molecule has 2 N–H and O–H groups in total. The molecule has 2 nitrogen and oxygen atoms in total. The van der Waals surface area contributed by atoms with Crippen molar-refractivity contribution in [2.75, 3.05) is 18.0 Å². The maximum atomic E-state index is 13.3. The topological polar surface area (TPSA) is 29.3 Å². The zero-order valence-corrected chi connectivity index (χ0v) is 11.5. The van der Waals surface area contributed by atoms with E-state index in [0.717, 1.165) is 18.2 Å². The maximum absolute atomic E-state index is 13.3. The Labute approximate surface area is 122 Å². The summed E-state index contributed by atoms with van der Waals surface area (Å²) in [6.45, 7) is 1.58. The lowest BCUT2D eigenvalue weighted by atomic mass is 10.1. The Hall–Kier alpha value is -2.01. The van der Waals surface area contributed by atoms with Crippen LogP contribution in [0.3, 0.4) is 0 Å². The summed E-state index contributed by atoms with van der Waals surface area (Å²) in [5.41, 5.74) is 6.98. The Balaban J connectivity index is 2.19. The standard InChI is InChI=1S/C16H17F3N2/c17-13-3-5-14(6-4-13)21(9-1-8-20)11-12-2-7-15(18)16(19)10-12/h2-7,10H,1,8-9,11,20H2. The highest BCUT2D eigenvalue weighted by atomic mass is 19.2. The molecule has 0 unspecified atom stereocenters. The average molecular weight is 294 g/mol. The van der Waals surface area contributed by atoms with Crippen molar-refractivity contribution in [1.29, 1.82) is 0 Å². The number of rotatable bonds is 6. The van der Waals surface area contributed by atoms with Crippen LogP contribution in [-0.2, 0) is 6.54 Å². The second kappa shape index (κ2) is 7.13. The maximum Gasteiger partial charge on any atom is 0.159 e. The number of halogens is 3. The highest BCUT2D eigenvalue weighted by molar-refractivity contribution is 5.47. The van der Waals surface area contributed by atoms with Crippen molar-refractivity contribution < 1.29 is 13.2 Å². The summed E-state index contributed by atoms with van der Waals surface area (Å²) in [6, 6.07) is 9.88. The molecule has 0 saturated carbocycles. The van der Waals surface area contributed by atoms with Crippen molar-refractivity contribution in [2.45, 2.75) is 13.0 Å². The van der Waals surface area contributed by atoms with E-state index in [9.17, 15) is 13.2 Å². The molecule has 0 spiro atoms. The van der Waals surface area contributed by atoms with Crippen LogP contribution in [-0.4, -0.2) is 13.1 Å². The van der Waals surface area contributed by atoms with E-state index in [1.165, 1.54) is 24.3 Å². The largest absolute Gasteiger partial charge is 0.367 e. The molecule has 0 saturated heterocycles. The van der Waals surface area contributed by atoms with E-state index in [1.54, 1.807) is 12.1 Å². The molecule has 2 rings (SSSR count). The Bertz CT molecular complexity index is 585. The number of hydrogen-bond donors (Lipinski definition) is 1. The van der Waals surface area contributed by atoms with Crippen molar-refractivity contribution >= 4 is 5.69 Å². The molecule has 0 amide bonds. The molecule has 112 valence electrons. The van der Waals surface area contributed by atoms with E-state index < -0.39 is 11.6 Å². The van der Waals surface area contributed by atoms with Gasteiger partial charge in [0.25, 0.3) is 0 Å². The van der Waals surface area contributed by atoms with Crippen LogP contribution in [0.15, 0.2) is 42.5 Å². The molecule has 0 aliphatic carbocycles. The summed E-state index contributed by atoms with van der Waals surface area (Å²) >= 11 is 0. The predicted molar refractivity (Wildman–Crippen MR) is 77.5 cm³/mol. The van der Waals surface area contributed by atoms with E-state index in [4.69, 9.17) is 5.73 Å². The molecule has 0 aliphatic heterocycles. The lowest BCUT2D eigenvalue weighted by Crippen LogP contribution is -2.25. The lowest BCUT2D eigenvalue weighted by Gasteiger charge is -2.25. The van der Waals surface area contributed by atoms with Gasteiger partial charge in [-0.25, -0.2) is 13.2 Å². The monoisotopic (exact) mass is 294 g/mol. The van der Waals surface area contributed by atoms with Gasteiger partial charge in [0.1, 0.15) is 5.82 Å². The minimum Gasteiger partial charge on any atom is -0.367 e. The molecule has 0 atom stereocenters. The second-order valence-electron chi connectivity index (χ2n) is 4.79. The van der Waals surface area contributed by atoms with E-state index in [1.807, 2.05) is 4.90 Å². The normalized spacial score (nSPS) is 10.7. The van der Waals surface area contributed by atoms with Gasteiger partial charge in [-0.05, 0) is 54.9 Å². The fourth-order valence-corrected chi connectivity index (χ4v) is 2.09. The smallest absolute Gasteiger partial charge is 0.159 e. The molecule has 0 bridgehead atoms. The predicted octanol–water partition coefficient (Wildman–Crippen LogP) is 3.46. The van der Waals surface area contributed by atoms with Gasteiger partial charge in [0.15, 0.2) is 11.6 Å². The van der Waals surface area contributed by atoms with Crippen LogP contribution < -0.4 is 10.6 Å². The van der Waals surface area contributed by atoms with Crippen LogP contribution >= 0.6 is 0 Å². The molecule has 2 aromatic rings. The molecule has 0 aromatic heterocycles. The molecule has 0 aliphatic rings. The summed E-state index contributed by atoms with van der Waals surface area (Å²) in [6.07, 6.45) is 0.751. The first-order chi connectivity index (χ1) is 10.1. The molecular formula is C16H17F3N2. The van der Waals surface area contributed by atoms with Crippen LogP contribution in [0.4, 0.5) is 18.9 Å². The average Bonchev–Trinajstić information content (AvgIpc) is 2.48. The van der Waals surface area contributed by atoms with Crippen LogP contribution in [0.25, 0.3) is 0 Å². The van der Waals surface area contributed by atoms with Gasteiger partial charge in [0.05, 0.1) is 0 Å². The summed E-state index contributed by atoms with van der Waals surface area (Å²) < 4.78 is 39.2. The van der Waals surface area contributed by atoms with Crippen LogP contribution in [0, 0.1) is 17.5 Å². The Morgan fingerprint density at radius 1 is 0.905 bits per heavy atom. The Morgan fingerprint density at radius 3 is 2.24 bits per heavy atom. The van der Waals surface area contributed by atoms with Crippen molar-refractivity contribution in [3.05, 3.63) is 65.5 Å². The Morgan fingerprint density at radius 2 is 1.62 bits per heavy atom. The van der Waals surface area contributed by atoms with Gasteiger partial charge in [0.2, 0.25) is 0 Å². The summed E-state index contributed by atoms with van der Waals surface area (Å²) in [4.78, 5) is 1.96. The zero-order chi connectivity index (χ0) is 15.2. The molecule has 21 heavy (non-hydrogen) atoms. The van der Waals surface area contributed by atoms with E-state index in [-0.39, 0.29) is 5.82 Å². The first-order valence-electron chi connectivity index (χ1n) is 6.74. The van der Waals surface area contributed by atoms with E-state index >= 15 is 0 Å². The molecule has 0 fully saturated rings. The van der Waals surface area contributed by atoms with E-state index in [2.05, 4.69) is 0 Å². The fourth-order valence-electron chi connectivity index (χ4n) is 2.09. The zero-order valence-electron chi connectivity index (χ0n) is 11.5. The number of nitrogens with zero attached hydrogens (tertiary/aromatic N) is 1. The number of hydrogen-bond acceptors (Lipinski definition) is 2. The SMILES string of the molecule is NCCCN(Cc1ccc(F)c(F)c1)c1ccc(F)cc1. The third kappa shape index (κ3) is 4.23. The first kappa shape index (κ1) is 15.4. The van der Waals surface area contributed by atoms with Gasteiger partial charge in [0, 0.05) is 18.8 Å². The number of anilines is 1. The molecular weight excluding hydrogens is 277 g/mol. The third-order valence-electron chi connectivity index (χ3n) is 3.18. The lowest BCUT2D eigenvalue weighted by molar-refractivity contribution is 0.506. The molecule has 0 heterocycles. The van der Waals surface area contributed by atoms with Gasteiger partial charge >= 0.3 is 0 Å². The van der Waals surface area contributed by atoms with Crippen molar-refractivity contribution in [2.24, 2.45) is 5.73 Å². The van der Waals surface area contributed by atoms with Gasteiger partial charge in [-0.1, -0.05) is 6.07 Å². The quantitative estimate of drug-likeness (QED) is 0.884. The van der Waals surface area contributed by atoms with Crippen LogP contribution in [0.5, 0.6) is 0 Å². The minimum absolute atomic E-state index is 0.314. The molecule has 0 radical (unpaired) electrons. The van der Waals surface area contributed by atoms with Gasteiger partial charge in [-0.3, -0.25) is 0 Å². The number of benzene rings is 2. The van der Waals surface area contributed by atoms with Crippen LogP contribution in [0.1, 0.15) is 12.0 Å². The van der Waals surface area contributed by atoms with Crippen molar-refractivity contribution in [3.63, 3.8) is 0 Å². The first-order valence-corrected chi connectivity index (χ1v) is 6.74. The van der Waals surface area contributed by atoms with E-state index in [0.29, 0.717) is 25.2 Å². The number of nitrogens with two attached hydrogens (primary N) is 1. The summed E-state index contributed by atoms with van der Waals surface area (Å²) in [5.74, 6) is -2.05. The Kier molecular flexibility index (Phi) is 5.22. The summed E-state index contributed by atoms with van der Waals surface area (Å²) in [7, 11) is 0. The van der Waals surface area contributed by atoms with Crippen LogP contribution in [0.2, 0.25) is 0 Å². The highest BCUT2D eigenvalue weighted by Crippen LogP contribution is 2.19. The van der Waals surface area contributed by atoms with Gasteiger partial charge in [-0.15, -0.1) is 0 Å². The third-order valence-corrected chi connectivity index (χ3v) is 3.18. The van der Waals surface area contributed by atoms with Crippen molar-refractivity contribution in [1.82, 2.24) is 0 Å². The van der Waals surface area contributed by atoms with Gasteiger partial charge < -0.3 is 10.6 Å².